The monoisotopic (exact) mass is 506 g/mol. The Morgan fingerprint density at radius 3 is 2.37 bits per heavy atom. The number of nitrogens with zero attached hydrogens (tertiary/aromatic N) is 1. The molecule has 3 aromatic rings. The summed E-state index contributed by atoms with van der Waals surface area (Å²) >= 11 is 7.33. The van der Waals surface area contributed by atoms with Crippen LogP contribution in [0.4, 0.5) is 11.4 Å². The van der Waals surface area contributed by atoms with E-state index in [1.165, 1.54) is 11.8 Å². The van der Waals surface area contributed by atoms with Crippen molar-refractivity contribution < 1.29 is 19.1 Å². The second-order valence-electron chi connectivity index (χ2n) is 7.88. The first-order valence-electron chi connectivity index (χ1n) is 11.0. The summed E-state index contributed by atoms with van der Waals surface area (Å²) in [5.74, 6) is -1.40. The smallest absolute Gasteiger partial charge is 0.338 e. The molecule has 0 unspecified atom stereocenters. The third-order valence-electron chi connectivity index (χ3n) is 5.17. The minimum Gasteiger partial charge on any atom is -0.462 e. The summed E-state index contributed by atoms with van der Waals surface area (Å²) in [6.45, 7) is 4.22. The molecular weight excluding hydrogens is 484 g/mol. The topological polar surface area (TPSA) is 75.7 Å². The zero-order valence-corrected chi connectivity index (χ0v) is 20.8. The Kier molecular flexibility index (Phi) is 7.58. The number of nitrogens with one attached hydrogen (secondary N) is 1. The van der Waals surface area contributed by atoms with Gasteiger partial charge in [-0.2, -0.15) is 0 Å². The fraction of sp³-hybridized carbons (Fsp3) is 0.148. The normalized spacial score (nSPS) is 13.4. The van der Waals surface area contributed by atoms with Gasteiger partial charge in [-0.1, -0.05) is 54.0 Å². The van der Waals surface area contributed by atoms with Gasteiger partial charge in [0.15, 0.2) is 0 Å². The van der Waals surface area contributed by atoms with Gasteiger partial charge in [-0.15, -0.1) is 0 Å². The molecule has 8 heteroatoms. The van der Waals surface area contributed by atoms with Crippen LogP contribution in [0.2, 0.25) is 5.02 Å². The number of hydrogen-bond donors (Lipinski definition) is 1. The van der Waals surface area contributed by atoms with Crippen LogP contribution in [0.1, 0.15) is 29.3 Å². The Morgan fingerprint density at radius 1 is 1.00 bits per heavy atom. The number of aryl methyl sites for hydroxylation is 1. The van der Waals surface area contributed by atoms with Gasteiger partial charge in [-0.3, -0.25) is 9.59 Å². The maximum atomic E-state index is 13.5. The average molecular weight is 507 g/mol. The van der Waals surface area contributed by atoms with Gasteiger partial charge in [-0.05, 0) is 67.9 Å². The molecule has 0 fully saturated rings. The minimum absolute atomic E-state index is 0.161. The molecule has 1 aliphatic heterocycles. The van der Waals surface area contributed by atoms with Crippen molar-refractivity contribution in [3.63, 3.8) is 0 Å². The number of ether oxygens (including phenoxy) is 1. The van der Waals surface area contributed by atoms with E-state index >= 15 is 0 Å². The van der Waals surface area contributed by atoms with E-state index in [4.69, 9.17) is 16.3 Å². The zero-order valence-electron chi connectivity index (χ0n) is 19.2. The molecule has 1 N–H and O–H groups in total. The van der Waals surface area contributed by atoms with Gasteiger partial charge < -0.3 is 10.1 Å². The number of hydrogen-bond acceptors (Lipinski definition) is 6. The summed E-state index contributed by atoms with van der Waals surface area (Å²) in [6, 6.07) is 20.9. The summed E-state index contributed by atoms with van der Waals surface area (Å²) in [7, 11) is 0. The molecule has 35 heavy (non-hydrogen) atoms. The van der Waals surface area contributed by atoms with Crippen molar-refractivity contribution in [3.8, 4) is 0 Å². The van der Waals surface area contributed by atoms with E-state index in [0.717, 1.165) is 21.8 Å². The fourth-order valence-electron chi connectivity index (χ4n) is 3.41. The Labute approximate surface area is 212 Å². The number of esters is 1. The van der Waals surface area contributed by atoms with E-state index < -0.39 is 17.8 Å². The van der Waals surface area contributed by atoms with Crippen LogP contribution in [0.5, 0.6) is 0 Å². The number of imide groups is 1. The molecule has 0 aromatic heterocycles. The summed E-state index contributed by atoms with van der Waals surface area (Å²) in [5.41, 5.74) is 2.55. The molecule has 0 aliphatic carbocycles. The molecule has 0 spiro atoms. The SMILES string of the molecule is CCCOC(=O)c1ccc(N2C(=O)C(Nc3cccc(Cl)c3)=C(Sc3ccc(C)cc3)C2=O)cc1. The van der Waals surface area contributed by atoms with E-state index in [-0.39, 0.29) is 10.6 Å². The van der Waals surface area contributed by atoms with Crippen LogP contribution >= 0.6 is 23.4 Å². The van der Waals surface area contributed by atoms with E-state index in [0.29, 0.717) is 28.6 Å². The molecule has 0 bridgehead atoms. The lowest BCUT2D eigenvalue weighted by Gasteiger charge is -2.16. The van der Waals surface area contributed by atoms with Gasteiger partial charge in [0.2, 0.25) is 0 Å². The highest BCUT2D eigenvalue weighted by Crippen LogP contribution is 2.38. The highest BCUT2D eigenvalue weighted by molar-refractivity contribution is 8.04. The van der Waals surface area contributed by atoms with Crippen molar-refractivity contribution in [2.45, 2.75) is 25.2 Å². The van der Waals surface area contributed by atoms with Gasteiger partial charge in [0.25, 0.3) is 11.8 Å². The largest absolute Gasteiger partial charge is 0.462 e. The lowest BCUT2D eigenvalue weighted by molar-refractivity contribution is -0.120. The second-order valence-corrected chi connectivity index (χ2v) is 9.40. The molecule has 0 saturated carbocycles. The number of carbonyl (C=O) groups excluding carboxylic acids is 3. The van der Waals surface area contributed by atoms with Crippen molar-refractivity contribution in [1.82, 2.24) is 0 Å². The maximum absolute atomic E-state index is 13.5. The molecular formula is C27H23ClN2O4S. The van der Waals surface area contributed by atoms with E-state index in [1.807, 2.05) is 38.1 Å². The lowest BCUT2D eigenvalue weighted by atomic mass is 10.2. The molecule has 178 valence electrons. The quantitative estimate of drug-likeness (QED) is 0.289. The highest BCUT2D eigenvalue weighted by Gasteiger charge is 2.40. The second kappa shape index (κ2) is 10.8. The van der Waals surface area contributed by atoms with Gasteiger partial charge >= 0.3 is 5.97 Å². The molecule has 6 nitrogen and oxygen atoms in total. The number of benzene rings is 3. The maximum Gasteiger partial charge on any atom is 0.338 e. The van der Waals surface area contributed by atoms with Crippen LogP contribution in [-0.2, 0) is 14.3 Å². The van der Waals surface area contributed by atoms with Crippen LogP contribution in [0.3, 0.4) is 0 Å². The molecule has 4 rings (SSSR count). The third-order valence-corrected chi connectivity index (χ3v) is 6.50. The van der Waals surface area contributed by atoms with Gasteiger partial charge in [-0.25, -0.2) is 9.69 Å². The standard InChI is InChI=1S/C27H23ClN2O4S/c1-3-15-34-27(33)18-9-11-21(12-10-18)30-25(31)23(29-20-6-4-5-19(28)16-20)24(26(30)32)35-22-13-7-17(2)8-14-22/h4-14,16,29H,3,15H2,1-2H3. The van der Waals surface area contributed by atoms with Crippen molar-refractivity contribution in [1.29, 1.82) is 0 Å². The first-order valence-corrected chi connectivity index (χ1v) is 12.2. The number of anilines is 2. The van der Waals surface area contributed by atoms with Gasteiger partial charge in [0.05, 0.1) is 17.9 Å². The van der Waals surface area contributed by atoms with Crippen LogP contribution in [-0.4, -0.2) is 24.4 Å². The Morgan fingerprint density at radius 2 is 1.71 bits per heavy atom. The fourth-order valence-corrected chi connectivity index (χ4v) is 4.53. The highest BCUT2D eigenvalue weighted by atomic mass is 35.5. The van der Waals surface area contributed by atoms with Crippen molar-refractivity contribution in [2.75, 3.05) is 16.8 Å². The van der Waals surface area contributed by atoms with Crippen molar-refractivity contribution in [3.05, 3.63) is 99.5 Å². The van der Waals surface area contributed by atoms with Gasteiger partial charge in [0.1, 0.15) is 10.6 Å². The first-order chi connectivity index (χ1) is 16.9. The van der Waals surface area contributed by atoms with E-state index in [9.17, 15) is 14.4 Å². The summed E-state index contributed by atoms with van der Waals surface area (Å²) in [4.78, 5) is 41.3. The zero-order chi connectivity index (χ0) is 24.9. The average Bonchev–Trinajstić information content (AvgIpc) is 3.08. The molecule has 1 aliphatic rings. The van der Waals surface area contributed by atoms with Crippen LogP contribution in [0.15, 0.2) is 88.3 Å². The van der Waals surface area contributed by atoms with Crippen LogP contribution in [0, 0.1) is 6.92 Å². The number of carbonyl (C=O) groups is 3. The first kappa shape index (κ1) is 24.6. The number of halogens is 1. The molecule has 0 radical (unpaired) electrons. The predicted octanol–water partition coefficient (Wildman–Crippen LogP) is 6.20. The number of amides is 2. The predicted molar refractivity (Wildman–Crippen MR) is 139 cm³/mol. The van der Waals surface area contributed by atoms with Gasteiger partial charge in [0, 0.05) is 15.6 Å². The molecule has 1 heterocycles. The van der Waals surface area contributed by atoms with E-state index in [1.54, 1.807) is 48.5 Å². The molecule has 2 amide bonds. The minimum atomic E-state index is -0.495. The van der Waals surface area contributed by atoms with Crippen molar-refractivity contribution >= 4 is 52.5 Å². The summed E-state index contributed by atoms with van der Waals surface area (Å²) < 4.78 is 5.15. The Hall–Kier alpha value is -3.55. The van der Waals surface area contributed by atoms with Crippen molar-refractivity contribution in [2.24, 2.45) is 0 Å². The summed E-state index contributed by atoms with van der Waals surface area (Å²) in [5, 5.41) is 3.59. The molecule has 3 aromatic carbocycles. The molecule has 0 saturated heterocycles. The molecule has 0 atom stereocenters. The third kappa shape index (κ3) is 5.58. The Bertz CT molecular complexity index is 1300. The summed E-state index contributed by atoms with van der Waals surface area (Å²) in [6.07, 6.45) is 0.718. The van der Waals surface area contributed by atoms with E-state index in [2.05, 4.69) is 5.32 Å². The van der Waals surface area contributed by atoms with Crippen LogP contribution in [0.25, 0.3) is 0 Å². The number of rotatable bonds is 8. The number of thioether (sulfide) groups is 1. The Balaban J connectivity index is 1.66. The van der Waals surface area contributed by atoms with Crippen LogP contribution < -0.4 is 10.2 Å². The lowest BCUT2D eigenvalue weighted by Crippen LogP contribution is -2.32.